The highest BCUT2D eigenvalue weighted by Gasteiger charge is 2.22. The largest absolute Gasteiger partial charge is 0.353 e. The van der Waals surface area contributed by atoms with Gasteiger partial charge in [0.05, 0.1) is 4.90 Å². The standard InChI is InChI=1S/C20H24N2O3S/c23-20(22-18-9-10-18)13-8-17-6-11-19(12-7-17)26(24,25)21-15-14-16-4-2-1-3-5-16/h1-7,11-12,18,21H,8-10,13-15H2,(H,22,23). The molecule has 1 aliphatic rings. The smallest absolute Gasteiger partial charge is 0.240 e. The third kappa shape index (κ3) is 5.68. The lowest BCUT2D eigenvalue weighted by molar-refractivity contribution is -0.121. The van der Waals surface area contributed by atoms with Gasteiger partial charge in [-0.3, -0.25) is 4.79 Å². The Labute approximate surface area is 154 Å². The maximum Gasteiger partial charge on any atom is 0.240 e. The third-order valence-electron chi connectivity index (χ3n) is 4.37. The van der Waals surface area contributed by atoms with Crippen molar-refractivity contribution in [3.05, 3.63) is 65.7 Å². The summed E-state index contributed by atoms with van der Waals surface area (Å²) in [5, 5.41) is 2.95. The van der Waals surface area contributed by atoms with Crippen LogP contribution in [0.5, 0.6) is 0 Å². The molecule has 0 aromatic heterocycles. The van der Waals surface area contributed by atoms with Gasteiger partial charge in [0.1, 0.15) is 0 Å². The summed E-state index contributed by atoms with van der Waals surface area (Å²) in [5.74, 6) is 0.0618. The van der Waals surface area contributed by atoms with E-state index in [9.17, 15) is 13.2 Å². The van der Waals surface area contributed by atoms with Crippen molar-refractivity contribution in [2.24, 2.45) is 0 Å². The maximum absolute atomic E-state index is 12.4. The molecular weight excluding hydrogens is 348 g/mol. The molecule has 0 atom stereocenters. The molecule has 0 unspecified atom stereocenters. The number of nitrogens with one attached hydrogen (secondary N) is 2. The molecule has 5 nitrogen and oxygen atoms in total. The molecule has 0 spiro atoms. The Morgan fingerprint density at radius 1 is 0.923 bits per heavy atom. The third-order valence-corrected chi connectivity index (χ3v) is 5.84. The zero-order valence-electron chi connectivity index (χ0n) is 14.6. The number of carbonyl (C=O) groups is 1. The van der Waals surface area contributed by atoms with Crippen molar-refractivity contribution < 1.29 is 13.2 Å². The minimum Gasteiger partial charge on any atom is -0.353 e. The second-order valence-electron chi connectivity index (χ2n) is 6.62. The second-order valence-corrected chi connectivity index (χ2v) is 8.39. The Kier molecular flexibility index (Phi) is 6.06. The Morgan fingerprint density at radius 2 is 1.58 bits per heavy atom. The van der Waals surface area contributed by atoms with E-state index in [4.69, 9.17) is 0 Å². The number of aryl methyl sites for hydroxylation is 1. The Morgan fingerprint density at radius 3 is 2.23 bits per heavy atom. The minimum absolute atomic E-state index is 0.0618. The molecule has 1 aliphatic carbocycles. The van der Waals surface area contributed by atoms with E-state index in [1.165, 1.54) is 0 Å². The van der Waals surface area contributed by atoms with Crippen LogP contribution in [0.4, 0.5) is 0 Å². The van der Waals surface area contributed by atoms with Crippen LogP contribution in [-0.4, -0.2) is 26.9 Å². The van der Waals surface area contributed by atoms with Gasteiger partial charge in [0.2, 0.25) is 15.9 Å². The van der Waals surface area contributed by atoms with Crippen molar-refractivity contribution in [2.45, 2.75) is 43.0 Å². The Bertz CT molecular complexity index is 829. The summed E-state index contributed by atoms with van der Waals surface area (Å²) in [4.78, 5) is 12.0. The summed E-state index contributed by atoms with van der Waals surface area (Å²) in [6.07, 6.45) is 3.84. The fraction of sp³-hybridized carbons (Fsp3) is 0.350. The van der Waals surface area contributed by atoms with Crippen LogP contribution in [0.1, 0.15) is 30.4 Å². The Balaban J connectivity index is 1.48. The first-order chi connectivity index (χ1) is 12.5. The molecule has 0 saturated heterocycles. The van der Waals surface area contributed by atoms with Crippen molar-refractivity contribution >= 4 is 15.9 Å². The van der Waals surface area contributed by atoms with Gasteiger partial charge < -0.3 is 5.32 Å². The van der Waals surface area contributed by atoms with Crippen LogP contribution in [0.15, 0.2) is 59.5 Å². The molecule has 0 heterocycles. The van der Waals surface area contributed by atoms with Gasteiger partial charge in [-0.05, 0) is 48.9 Å². The molecule has 0 bridgehead atoms. The predicted octanol–water partition coefficient (Wildman–Crippen LogP) is 2.42. The molecule has 1 amide bonds. The minimum atomic E-state index is -3.52. The lowest BCUT2D eigenvalue weighted by Crippen LogP contribution is -2.26. The topological polar surface area (TPSA) is 75.3 Å². The summed E-state index contributed by atoms with van der Waals surface area (Å²) >= 11 is 0. The van der Waals surface area contributed by atoms with Crippen LogP contribution in [0.3, 0.4) is 0 Å². The van der Waals surface area contributed by atoms with Crippen LogP contribution in [0.2, 0.25) is 0 Å². The first-order valence-corrected chi connectivity index (χ1v) is 10.4. The van der Waals surface area contributed by atoms with E-state index >= 15 is 0 Å². The van der Waals surface area contributed by atoms with Crippen molar-refractivity contribution in [2.75, 3.05) is 6.54 Å². The first-order valence-electron chi connectivity index (χ1n) is 8.95. The zero-order valence-corrected chi connectivity index (χ0v) is 15.5. The highest BCUT2D eigenvalue weighted by molar-refractivity contribution is 7.89. The highest BCUT2D eigenvalue weighted by atomic mass is 32.2. The fourth-order valence-electron chi connectivity index (χ4n) is 2.68. The molecule has 138 valence electrons. The highest BCUT2D eigenvalue weighted by Crippen LogP contribution is 2.19. The second kappa shape index (κ2) is 8.47. The van der Waals surface area contributed by atoms with Gasteiger partial charge >= 0.3 is 0 Å². The van der Waals surface area contributed by atoms with Gasteiger partial charge in [-0.25, -0.2) is 13.1 Å². The number of amides is 1. The summed E-state index contributed by atoms with van der Waals surface area (Å²) in [6, 6.07) is 16.9. The van der Waals surface area contributed by atoms with E-state index in [2.05, 4.69) is 10.0 Å². The van der Waals surface area contributed by atoms with Crippen LogP contribution >= 0.6 is 0 Å². The maximum atomic E-state index is 12.4. The summed E-state index contributed by atoms with van der Waals surface area (Å²) < 4.78 is 27.3. The number of benzene rings is 2. The molecule has 6 heteroatoms. The van der Waals surface area contributed by atoms with Crippen molar-refractivity contribution in [1.82, 2.24) is 10.0 Å². The van der Waals surface area contributed by atoms with Crippen molar-refractivity contribution in [3.8, 4) is 0 Å². The molecule has 2 aromatic rings. The number of carbonyl (C=O) groups excluding carboxylic acids is 1. The summed E-state index contributed by atoms with van der Waals surface area (Å²) in [7, 11) is -3.52. The normalized spacial score (nSPS) is 14.2. The van der Waals surface area contributed by atoms with E-state index in [1.807, 2.05) is 30.3 Å². The SMILES string of the molecule is O=C(CCc1ccc(S(=O)(=O)NCCc2ccccc2)cc1)NC1CC1. The van der Waals surface area contributed by atoms with E-state index in [-0.39, 0.29) is 10.8 Å². The molecule has 3 rings (SSSR count). The monoisotopic (exact) mass is 372 g/mol. The fourth-order valence-corrected chi connectivity index (χ4v) is 3.71. The number of hydrogen-bond donors (Lipinski definition) is 2. The summed E-state index contributed by atoms with van der Waals surface area (Å²) in [5.41, 5.74) is 2.05. The lowest BCUT2D eigenvalue weighted by atomic mass is 10.1. The van der Waals surface area contributed by atoms with E-state index in [1.54, 1.807) is 24.3 Å². The van der Waals surface area contributed by atoms with E-state index in [0.717, 1.165) is 24.0 Å². The first kappa shape index (κ1) is 18.6. The molecule has 0 aliphatic heterocycles. The van der Waals surface area contributed by atoms with Crippen LogP contribution in [-0.2, 0) is 27.7 Å². The number of rotatable bonds is 9. The van der Waals surface area contributed by atoms with E-state index in [0.29, 0.717) is 31.8 Å². The molecule has 1 saturated carbocycles. The van der Waals surface area contributed by atoms with Gasteiger partial charge in [0.25, 0.3) is 0 Å². The average molecular weight is 372 g/mol. The zero-order chi connectivity index (χ0) is 18.4. The number of hydrogen-bond acceptors (Lipinski definition) is 3. The van der Waals surface area contributed by atoms with Crippen LogP contribution in [0.25, 0.3) is 0 Å². The molecule has 1 fully saturated rings. The Hall–Kier alpha value is -2.18. The van der Waals surface area contributed by atoms with Gasteiger partial charge in [0.15, 0.2) is 0 Å². The van der Waals surface area contributed by atoms with Gasteiger partial charge in [-0.2, -0.15) is 0 Å². The van der Waals surface area contributed by atoms with Gasteiger partial charge in [0, 0.05) is 19.0 Å². The van der Waals surface area contributed by atoms with Crippen LogP contribution < -0.4 is 10.0 Å². The van der Waals surface area contributed by atoms with Gasteiger partial charge in [-0.15, -0.1) is 0 Å². The van der Waals surface area contributed by atoms with Gasteiger partial charge in [-0.1, -0.05) is 42.5 Å². The van der Waals surface area contributed by atoms with Crippen molar-refractivity contribution in [1.29, 1.82) is 0 Å². The summed E-state index contributed by atoms with van der Waals surface area (Å²) in [6.45, 7) is 0.357. The molecule has 2 N–H and O–H groups in total. The predicted molar refractivity (Wildman–Crippen MR) is 101 cm³/mol. The molecular formula is C20H24N2O3S. The lowest BCUT2D eigenvalue weighted by Gasteiger charge is -2.08. The molecule has 2 aromatic carbocycles. The quantitative estimate of drug-likeness (QED) is 0.710. The number of sulfonamides is 1. The average Bonchev–Trinajstić information content (AvgIpc) is 3.45. The molecule has 26 heavy (non-hydrogen) atoms. The van der Waals surface area contributed by atoms with E-state index < -0.39 is 10.0 Å². The molecule has 0 radical (unpaired) electrons. The van der Waals surface area contributed by atoms with Crippen LogP contribution in [0, 0.1) is 0 Å². The van der Waals surface area contributed by atoms with Crippen molar-refractivity contribution in [3.63, 3.8) is 0 Å².